The fraction of sp³-hybridized carbons (Fsp3) is 0.333. The molecule has 0 aliphatic carbocycles. The summed E-state index contributed by atoms with van der Waals surface area (Å²) < 4.78 is 12.8. The van der Waals surface area contributed by atoms with Gasteiger partial charge in [0.2, 0.25) is 0 Å². The number of hydrogen-bond acceptors (Lipinski definition) is 4. The Labute approximate surface area is 188 Å². The number of nitrogens with one attached hydrogen (secondary N) is 2. The third-order valence-corrected chi connectivity index (χ3v) is 4.43. The van der Waals surface area contributed by atoms with Gasteiger partial charge in [0.05, 0.1) is 31.8 Å². The average molecular weight is 509 g/mol. The highest BCUT2D eigenvalue weighted by Crippen LogP contribution is 2.29. The Morgan fingerprint density at radius 1 is 1.10 bits per heavy atom. The van der Waals surface area contributed by atoms with Crippen LogP contribution in [-0.4, -0.2) is 42.8 Å². The number of nitrogens with zero attached hydrogens (tertiary/aromatic N) is 3. The molecule has 3 rings (SSSR count). The molecule has 0 radical (unpaired) electrons. The molecule has 0 bridgehead atoms. The molecule has 0 amide bonds. The number of hydrogen-bond donors (Lipinski definition) is 2. The number of ether oxygens (including phenoxy) is 2. The van der Waals surface area contributed by atoms with E-state index in [1.165, 1.54) is 0 Å². The summed E-state index contributed by atoms with van der Waals surface area (Å²) in [6, 6.07) is 13.9. The van der Waals surface area contributed by atoms with Crippen LogP contribution in [0, 0.1) is 6.92 Å². The number of guanidine groups is 1. The van der Waals surface area contributed by atoms with Crippen molar-refractivity contribution in [1.82, 2.24) is 14.9 Å². The summed E-state index contributed by atoms with van der Waals surface area (Å²) in [5, 5.41) is 6.59. The summed E-state index contributed by atoms with van der Waals surface area (Å²) in [6.07, 6.45) is 0. The Bertz CT molecular complexity index is 971. The molecule has 8 heteroatoms. The van der Waals surface area contributed by atoms with Crippen molar-refractivity contribution >= 4 is 46.7 Å². The number of aryl methyl sites for hydroxylation is 1. The third kappa shape index (κ3) is 5.53. The van der Waals surface area contributed by atoms with Gasteiger partial charge in [-0.3, -0.25) is 4.99 Å². The van der Waals surface area contributed by atoms with E-state index >= 15 is 0 Å². The van der Waals surface area contributed by atoms with Crippen LogP contribution in [0.25, 0.3) is 11.0 Å². The van der Waals surface area contributed by atoms with Crippen LogP contribution in [0.15, 0.2) is 47.5 Å². The van der Waals surface area contributed by atoms with Crippen LogP contribution in [0.1, 0.15) is 12.7 Å². The molecule has 0 unspecified atom stereocenters. The standard InChI is InChI=1S/C21H27N5O2.HI/c1-5-22-21(25-16-10-11-19(27-3)20(14-16)28-4)23-12-13-26-15(2)24-17-8-6-7-9-18(17)26;/h6-11,14H,5,12-13H2,1-4H3,(H2,22,23,25);1H. The van der Waals surface area contributed by atoms with Gasteiger partial charge >= 0.3 is 0 Å². The monoisotopic (exact) mass is 509 g/mol. The SMILES string of the molecule is CCNC(=NCCn1c(C)nc2ccccc21)Nc1ccc(OC)c(OC)c1.I. The zero-order valence-corrected chi connectivity index (χ0v) is 19.6. The summed E-state index contributed by atoms with van der Waals surface area (Å²) in [5.74, 6) is 3.08. The van der Waals surface area contributed by atoms with E-state index in [-0.39, 0.29) is 24.0 Å². The molecule has 0 aliphatic heterocycles. The number of fused-ring (bicyclic) bond motifs is 1. The molecule has 0 atom stereocenters. The summed E-state index contributed by atoms with van der Waals surface area (Å²) in [4.78, 5) is 9.31. The van der Waals surface area contributed by atoms with Gasteiger partial charge in [0.1, 0.15) is 5.82 Å². The van der Waals surface area contributed by atoms with Gasteiger partial charge in [-0.05, 0) is 38.1 Å². The first kappa shape index (κ1) is 22.8. The molecule has 0 fully saturated rings. The van der Waals surface area contributed by atoms with Crippen molar-refractivity contribution < 1.29 is 9.47 Å². The normalized spacial score (nSPS) is 11.1. The maximum atomic E-state index is 5.37. The van der Waals surface area contributed by atoms with Crippen molar-refractivity contribution in [2.75, 3.05) is 32.6 Å². The van der Waals surface area contributed by atoms with E-state index in [9.17, 15) is 0 Å². The quantitative estimate of drug-likeness (QED) is 0.286. The minimum absolute atomic E-state index is 0. The van der Waals surface area contributed by atoms with Gasteiger partial charge in [-0.2, -0.15) is 0 Å². The summed E-state index contributed by atoms with van der Waals surface area (Å²) in [7, 11) is 3.25. The molecule has 29 heavy (non-hydrogen) atoms. The maximum absolute atomic E-state index is 5.37. The Morgan fingerprint density at radius 3 is 2.59 bits per heavy atom. The number of aromatic nitrogens is 2. The zero-order valence-electron chi connectivity index (χ0n) is 17.2. The third-order valence-electron chi connectivity index (χ3n) is 4.43. The number of rotatable bonds is 7. The van der Waals surface area contributed by atoms with Crippen molar-refractivity contribution in [2.24, 2.45) is 4.99 Å². The number of methoxy groups -OCH3 is 2. The number of halogens is 1. The number of imidazole rings is 1. The summed E-state index contributed by atoms with van der Waals surface area (Å²) >= 11 is 0. The fourth-order valence-corrected chi connectivity index (χ4v) is 3.10. The molecule has 156 valence electrons. The Kier molecular flexibility index (Phi) is 8.56. The second kappa shape index (κ2) is 10.9. The zero-order chi connectivity index (χ0) is 19.9. The topological polar surface area (TPSA) is 72.7 Å². The predicted molar refractivity (Wildman–Crippen MR) is 129 cm³/mol. The number of aliphatic imine (C=N–C) groups is 1. The van der Waals surface area contributed by atoms with Crippen LogP contribution in [0.5, 0.6) is 11.5 Å². The van der Waals surface area contributed by atoms with Gasteiger partial charge in [0.15, 0.2) is 17.5 Å². The van der Waals surface area contributed by atoms with Crippen LogP contribution in [0.3, 0.4) is 0 Å². The molecule has 3 aromatic rings. The Hall–Kier alpha value is -2.49. The number of anilines is 1. The average Bonchev–Trinajstić information content (AvgIpc) is 3.03. The van der Waals surface area contributed by atoms with Crippen molar-refractivity contribution in [1.29, 1.82) is 0 Å². The molecule has 7 nitrogen and oxygen atoms in total. The highest BCUT2D eigenvalue weighted by atomic mass is 127. The van der Waals surface area contributed by atoms with Crippen LogP contribution in [0.2, 0.25) is 0 Å². The molecule has 2 N–H and O–H groups in total. The van der Waals surface area contributed by atoms with Gasteiger partial charge in [-0.1, -0.05) is 12.1 Å². The Balaban J connectivity index is 0.00000300. The largest absolute Gasteiger partial charge is 0.493 e. The first-order valence-electron chi connectivity index (χ1n) is 9.35. The van der Waals surface area contributed by atoms with Gasteiger partial charge in [0.25, 0.3) is 0 Å². The summed E-state index contributed by atoms with van der Waals surface area (Å²) in [5.41, 5.74) is 3.02. The van der Waals surface area contributed by atoms with Crippen LogP contribution in [-0.2, 0) is 6.54 Å². The molecular formula is C21H28IN5O2. The predicted octanol–water partition coefficient (Wildman–Crippen LogP) is 4.06. The summed E-state index contributed by atoms with van der Waals surface area (Å²) in [6.45, 7) is 6.22. The maximum Gasteiger partial charge on any atom is 0.195 e. The van der Waals surface area contributed by atoms with E-state index < -0.39 is 0 Å². The highest BCUT2D eigenvalue weighted by Gasteiger charge is 2.08. The van der Waals surface area contributed by atoms with Crippen LogP contribution in [0.4, 0.5) is 5.69 Å². The number of benzene rings is 2. The highest BCUT2D eigenvalue weighted by molar-refractivity contribution is 14.0. The molecule has 0 saturated carbocycles. The molecule has 0 saturated heterocycles. The van der Waals surface area contributed by atoms with E-state index in [0.717, 1.165) is 41.6 Å². The van der Waals surface area contributed by atoms with Crippen LogP contribution >= 0.6 is 24.0 Å². The van der Waals surface area contributed by atoms with Crippen molar-refractivity contribution in [2.45, 2.75) is 20.4 Å². The van der Waals surface area contributed by atoms with Crippen molar-refractivity contribution in [3.05, 3.63) is 48.3 Å². The minimum Gasteiger partial charge on any atom is -0.493 e. The lowest BCUT2D eigenvalue weighted by Gasteiger charge is -2.14. The van der Waals surface area contributed by atoms with Gasteiger partial charge < -0.3 is 24.7 Å². The first-order valence-corrected chi connectivity index (χ1v) is 9.35. The van der Waals surface area contributed by atoms with Crippen LogP contribution < -0.4 is 20.1 Å². The fourth-order valence-electron chi connectivity index (χ4n) is 3.10. The van der Waals surface area contributed by atoms with E-state index in [1.54, 1.807) is 14.2 Å². The second-order valence-electron chi connectivity index (χ2n) is 6.25. The number of para-hydroxylation sites is 2. The van der Waals surface area contributed by atoms with E-state index in [2.05, 4.69) is 26.3 Å². The lowest BCUT2D eigenvalue weighted by molar-refractivity contribution is 0.355. The molecule has 1 heterocycles. The molecule has 0 aliphatic rings. The van der Waals surface area contributed by atoms with Crippen molar-refractivity contribution in [3.8, 4) is 11.5 Å². The lowest BCUT2D eigenvalue weighted by Crippen LogP contribution is -2.31. The molecule has 0 spiro atoms. The minimum atomic E-state index is 0. The van der Waals surface area contributed by atoms with Gasteiger partial charge in [0, 0.05) is 24.8 Å². The first-order chi connectivity index (χ1) is 13.7. The van der Waals surface area contributed by atoms with Gasteiger partial charge in [-0.15, -0.1) is 24.0 Å². The van der Waals surface area contributed by atoms with E-state index in [0.29, 0.717) is 18.0 Å². The van der Waals surface area contributed by atoms with Gasteiger partial charge in [-0.25, -0.2) is 4.98 Å². The lowest BCUT2D eigenvalue weighted by atomic mass is 10.3. The smallest absolute Gasteiger partial charge is 0.195 e. The Morgan fingerprint density at radius 2 is 1.86 bits per heavy atom. The molecular weight excluding hydrogens is 481 g/mol. The van der Waals surface area contributed by atoms with Crippen molar-refractivity contribution in [3.63, 3.8) is 0 Å². The molecule has 2 aromatic carbocycles. The molecule has 1 aromatic heterocycles. The van der Waals surface area contributed by atoms with E-state index in [1.807, 2.05) is 50.2 Å². The second-order valence-corrected chi connectivity index (χ2v) is 6.25. The van der Waals surface area contributed by atoms with E-state index in [4.69, 9.17) is 14.5 Å².